The van der Waals surface area contributed by atoms with E-state index in [1.54, 1.807) is 0 Å². The molecule has 1 heterocycles. The number of fused-ring (bicyclic) bond motifs is 2. The average molecular weight is 326 g/mol. The molecular formula is C20H26N2O2. The first-order chi connectivity index (χ1) is 11.5. The molecule has 1 amide bonds. The Morgan fingerprint density at radius 3 is 2.58 bits per heavy atom. The summed E-state index contributed by atoms with van der Waals surface area (Å²) in [5, 5.41) is 10.9. The van der Waals surface area contributed by atoms with Gasteiger partial charge in [0.25, 0.3) is 0 Å². The molecule has 0 saturated heterocycles. The van der Waals surface area contributed by atoms with E-state index in [0.717, 1.165) is 47.8 Å². The highest BCUT2D eigenvalue weighted by Gasteiger charge is 2.43. The highest BCUT2D eigenvalue weighted by Crippen LogP contribution is 2.45. The summed E-state index contributed by atoms with van der Waals surface area (Å²) >= 11 is 0. The van der Waals surface area contributed by atoms with Crippen LogP contribution in [-0.4, -0.2) is 40.1 Å². The predicted molar refractivity (Wildman–Crippen MR) is 94.8 cm³/mol. The van der Waals surface area contributed by atoms with E-state index in [1.165, 1.54) is 0 Å². The number of aromatic nitrogens is 1. The van der Waals surface area contributed by atoms with Gasteiger partial charge in [0, 0.05) is 29.7 Å². The second-order valence-electron chi connectivity index (χ2n) is 7.73. The molecule has 2 aliphatic carbocycles. The number of aliphatic hydroxyl groups is 1. The van der Waals surface area contributed by atoms with E-state index < -0.39 is 0 Å². The number of carbonyl (C=O) groups is 1. The number of nitrogens with one attached hydrogen (secondary N) is 1. The van der Waals surface area contributed by atoms with Gasteiger partial charge in [-0.2, -0.15) is 0 Å². The number of amides is 1. The minimum atomic E-state index is -0.115. The second kappa shape index (κ2) is 5.92. The Hall–Kier alpha value is -1.81. The van der Waals surface area contributed by atoms with Gasteiger partial charge in [0.15, 0.2) is 0 Å². The lowest BCUT2D eigenvalue weighted by Gasteiger charge is -2.26. The Balaban J connectivity index is 1.47. The summed E-state index contributed by atoms with van der Waals surface area (Å²) in [7, 11) is 1.95. The van der Waals surface area contributed by atoms with E-state index in [0.29, 0.717) is 24.3 Å². The third-order valence-corrected chi connectivity index (χ3v) is 6.26. The van der Waals surface area contributed by atoms with Crippen molar-refractivity contribution in [1.29, 1.82) is 0 Å². The summed E-state index contributed by atoms with van der Waals surface area (Å²) < 4.78 is 0. The molecule has 2 N–H and O–H groups in total. The summed E-state index contributed by atoms with van der Waals surface area (Å²) in [6, 6.07) is 8.52. The minimum Gasteiger partial charge on any atom is -0.393 e. The minimum absolute atomic E-state index is 0.115. The summed E-state index contributed by atoms with van der Waals surface area (Å²) in [6.07, 6.45) is 4.29. The van der Waals surface area contributed by atoms with Crippen LogP contribution in [0.2, 0.25) is 0 Å². The largest absolute Gasteiger partial charge is 0.393 e. The molecule has 2 saturated carbocycles. The molecule has 2 unspecified atom stereocenters. The molecule has 4 heteroatoms. The SMILES string of the molecule is Cc1[nH]c2ccccc2c1CC(=O)N(C)C1C[C@H]2CC(O)C[C@H]2C1. The van der Waals surface area contributed by atoms with Crippen molar-refractivity contribution in [2.75, 3.05) is 7.05 Å². The Morgan fingerprint density at radius 1 is 1.21 bits per heavy atom. The molecular weight excluding hydrogens is 300 g/mol. The Kier molecular flexibility index (Phi) is 3.87. The third-order valence-electron chi connectivity index (χ3n) is 6.26. The number of nitrogens with zero attached hydrogens (tertiary/aromatic N) is 1. The first-order valence-electron chi connectivity index (χ1n) is 9.03. The number of benzene rings is 1. The number of hydrogen-bond acceptors (Lipinski definition) is 2. The predicted octanol–water partition coefficient (Wildman–Crippen LogP) is 3.03. The monoisotopic (exact) mass is 326 g/mol. The fourth-order valence-corrected chi connectivity index (χ4v) is 4.91. The fourth-order valence-electron chi connectivity index (χ4n) is 4.91. The number of aromatic amines is 1. The van der Waals surface area contributed by atoms with Crippen LogP contribution in [0.15, 0.2) is 24.3 Å². The molecule has 0 radical (unpaired) electrons. The fraction of sp³-hybridized carbons (Fsp3) is 0.550. The highest BCUT2D eigenvalue weighted by molar-refractivity contribution is 5.90. The summed E-state index contributed by atoms with van der Waals surface area (Å²) in [4.78, 5) is 18.2. The van der Waals surface area contributed by atoms with Gasteiger partial charge in [-0.15, -0.1) is 0 Å². The van der Waals surface area contributed by atoms with Crippen molar-refractivity contribution in [3.05, 3.63) is 35.5 Å². The number of rotatable bonds is 3. The molecule has 2 aromatic rings. The molecule has 4 atom stereocenters. The van der Waals surface area contributed by atoms with E-state index in [4.69, 9.17) is 0 Å². The molecule has 128 valence electrons. The van der Waals surface area contributed by atoms with Crippen molar-refractivity contribution in [3.63, 3.8) is 0 Å². The number of likely N-dealkylation sites (N-methyl/N-ethyl adjacent to an activating group) is 1. The first-order valence-corrected chi connectivity index (χ1v) is 9.03. The topological polar surface area (TPSA) is 56.3 Å². The Labute approximate surface area is 142 Å². The van der Waals surface area contributed by atoms with Gasteiger partial charge in [-0.1, -0.05) is 18.2 Å². The lowest BCUT2D eigenvalue weighted by Crippen LogP contribution is -2.37. The molecule has 2 fully saturated rings. The Bertz CT molecular complexity index is 752. The lowest BCUT2D eigenvalue weighted by molar-refractivity contribution is -0.131. The van der Waals surface area contributed by atoms with Crippen LogP contribution in [0.1, 0.15) is 36.9 Å². The van der Waals surface area contributed by atoms with E-state index in [9.17, 15) is 9.90 Å². The van der Waals surface area contributed by atoms with E-state index in [-0.39, 0.29) is 12.0 Å². The van der Waals surface area contributed by atoms with Crippen LogP contribution >= 0.6 is 0 Å². The smallest absolute Gasteiger partial charge is 0.227 e. The van der Waals surface area contributed by atoms with Crippen molar-refractivity contribution >= 4 is 16.8 Å². The molecule has 1 aromatic carbocycles. The molecule has 4 rings (SSSR count). The zero-order valence-corrected chi connectivity index (χ0v) is 14.5. The van der Waals surface area contributed by atoms with Gasteiger partial charge in [0.2, 0.25) is 5.91 Å². The number of aryl methyl sites for hydroxylation is 1. The Morgan fingerprint density at radius 2 is 1.88 bits per heavy atom. The summed E-state index contributed by atoms with van der Waals surface area (Å²) in [6.45, 7) is 2.05. The maximum absolute atomic E-state index is 12.8. The maximum atomic E-state index is 12.8. The molecule has 0 bridgehead atoms. The van der Waals surface area contributed by atoms with Crippen molar-refractivity contribution in [1.82, 2.24) is 9.88 Å². The van der Waals surface area contributed by atoms with Crippen molar-refractivity contribution in [3.8, 4) is 0 Å². The van der Waals surface area contributed by atoms with Crippen molar-refractivity contribution in [2.45, 2.75) is 51.2 Å². The molecule has 1 aromatic heterocycles. The zero-order valence-electron chi connectivity index (χ0n) is 14.5. The number of aliphatic hydroxyl groups excluding tert-OH is 1. The van der Waals surface area contributed by atoms with Crippen LogP contribution in [0.4, 0.5) is 0 Å². The van der Waals surface area contributed by atoms with Crippen LogP contribution in [0, 0.1) is 18.8 Å². The molecule has 0 spiro atoms. The van der Waals surface area contributed by atoms with Crippen LogP contribution in [0.25, 0.3) is 10.9 Å². The van der Waals surface area contributed by atoms with Crippen LogP contribution in [0.3, 0.4) is 0 Å². The highest BCUT2D eigenvalue weighted by atomic mass is 16.3. The quantitative estimate of drug-likeness (QED) is 0.911. The zero-order chi connectivity index (χ0) is 16.8. The average Bonchev–Trinajstić information content (AvgIpc) is 3.18. The summed E-state index contributed by atoms with van der Waals surface area (Å²) in [5.41, 5.74) is 3.31. The standard InChI is InChI=1S/C20H26N2O2/c1-12-18(17-5-3-4-6-19(17)21-12)11-20(24)22(2)15-7-13-9-16(23)10-14(13)8-15/h3-6,13-16,21,23H,7-11H2,1-2H3/t13-,14+,15?,16?. The molecule has 24 heavy (non-hydrogen) atoms. The number of carbonyl (C=O) groups excluding carboxylic acids is 1. The number of H-pyrrole nitrogens is 1. The van der Waals surface area contributed by atoms with Gasteiger partial charge in [-0.05, 0) is 56.1 Å². The molecule has 2 aliphatic rings. The van der Waals surface area contributed by atoms with Gasteiger partial charge in [0.05, 0.1) is 12.5 Å². The van der Waals surface area contributed by atoms with E-state index in [1.807, 2.05) is 31.0 Å². The van der Waals surface area contributed by atoms with Gasteiger partial charge >= 0.3 is 0 Å². The normalized spacial score (nSPS) is 29.1. The van der Waals surface area contributed by atoms with Crippen molar-refractivity contribution in [2.24, 2.45) is 11.8 Å². The van der Waals surface area contributed by atoms with E-state index >= 15 is 0 Å². The third kappa shape index (κ3) is 2.63. The maximum Gasteiger partial charge on any atom is 0.227 e. The van der Waals surface area contributed by atoms with Gasteiger partial charge < -0.3 is 15.0 Å². The van der Waals surface area contributed by atoms with E-state index in [2.05, 4.69) is 17.1 Å². The summed E-state index contributed by atoms with van der Waals surface area (Å²) in [5.74, 6) is 1.42. The molecule has 0 aliphatic heterocycles. The van der Waals surface area contributed by atoms with Gasteiger partial charge in [-0.25, -0.2) is 0 Å². The first kappa shape index (κ1) is 15.7. The molecule has 4 nitrogen and oxygen atoms in total. The van der Waals surface area contributed by atoms with Crippen molar-refractivity contribution < 1.29 is 9.90 Å². The number of para-hydroxylation sites is 1. The second-order valence-corrected chi connectivity index (χ2v) is 7.73. The van der Waals surface area contributed by atoms with Crippen LogP contribution < -0.4 is 0 Å². The lowest BCUT2D eigenvalue weighted by atomic mass is 10.0. The van der Waals surface area contributed by atoms with Crippen LogP contribution in [-0.2, 0) is 11.2 Å². The number of hydrogen-bond donors (Lipinski definition) is 2. The van der Waals surface area contributed by atoms with Gasteiger partial charge in [-0.3, -0.25) is 4.79 Å². The van der Waals surface area contributed by atoms with Crippen LogP contribution in [0.5, 0.6) is 0 Å². The van der Waals surface area contributed by atoms with Gasteiger partial charge in [0.1, 0.15) is 0 Å².